The van der Waals surface area contributed by atoms with Crippen molar-refractivity contribution >= 4 is 5.84 Å². The lowest BCUT2D eigenvalue weighted by Crippen LogP contribution is -2.16. The first-order valence-electron chi connectivity index (χ1n) is 4.22. The van der Waals surface area contributed by atoms with Crippen LogP contribution in [0, 0.1) is 0 Å². The second kappa shape index (κ2) is 5.00. The molecule has 0 radical (unpaired) electrons. The van der Waals surface area contributed by atoms with E-state index in [1.54, 1.807) is 6.07 Å². The topological polar surface area (TPSA) is 93.6 Å². The van der Waals surface area contributed by atoms with Crippen molar-refractivity contribution in [2.24, 2.45) is 10.9 Å². The van der Waals surface area contributed by atoms with E-state index in [0.717, 1.165) is 6.42 Å². The van der Waals surface area contributed by atoms with E-state index >= 15 is 0 Å². The highest BCUT2D eigenvalue weighted by molar-refractivity contribution is 5.98. The third-order valence-electron chi connectivity index (χ3n) is 1.51. The maximum absolute atomic E-state index is 8.50. The first-order valence-corrected chi connectivity index (χ1v) is 4.22. The van der Waals surface area contributed by atoms with E-state index in [4.69, 9.17) is 15.7 Å². The lowest BCUT2D eigenvalue weighted by molar-refractivity contribution is 0.299. The van der Waals surface area contributed by atoms with E-state index in [0.29, 0.717) is 12.2 Å². The normalized spacial score (nSPS) is 11.4. The van der Waals surface area contributed by atoms with Gasteiger partial charge in [-0.25, -0.2) is 0 Å². The predicted molar refractivity (Wildman–Crippen MR) is 50.3 cm³/mol. The monoisotopic (exact) mass is 196 g/mol. The number of nitrogens with zero attached hydrogens (tertiary/aromatic N) is 3. The molecule has 0 amide bonds. The Morgan fingerprint density at radius 1 is 1.71 bits per heavy atom. The van der Waals surface area contributed by atoms with Crippen LogP contribution < -0.4 is 10.5 Å². The van der Waals surface area contributed by atoms with Gasteiger partial charge in [0.15, 0.2) is 5.84 Å². The molecule has 0 fully saturated rings. The lowest BCUT2D eigenvalue weighted by atomic mass is 10.3. The van der Waals surface area contributed by atoms with Crippen molar-refractivity contribution in [2.75, 3.05) is 6.61 Å². The van der Waals surface area contributed by atoms with Crippen LogP contribution in [-0.2, 0) is 0 Å². The highest BCUT2D eigenvalue weighted by Gasteiger charge is 2.09. The summed E-state index contributed by atoms with van der Waals surface area (Å²) in [5, 5.41) is 18.8. The molecule has 0 bridgehead atoms. The van der Waals surface area contributed by atoms with Crippen molar-refractivity contribution in [1.82, 2.24) is 10.2 Å². The van der Waals surface area contributed by atoms with Crippen LogP contribution in [0.1, 0.15) is 18.9 Å². The third-order valence-corrected chi connectivity index (χ3v) is 1.51. The Balaban J connectivity index is 2.91. The second-order valence-electron chi connectivity index (χ2n) is 2.58. The number of ether oxygens (including phenoxy) is 1. The molecule has 3 N–H and O–H groups in total. The molecule has 0 aliphatic heterocycles. The number of rotatable bonds is 4. The Morgan fingerprint density at radius 2 is 2.50 bits per heavy atom. The van der Waals surface area contributed by atoms with Crippen molar-refractivity contribution in [3.8, 4) is 5.88 Å². The van der Waals surface area contributed by atoms with Crippen molar-refractivity contribution in [3.63, 3.8) is 0 Å². The van der Waals surface area contributed by atoms with Crippen LogP contribution in [0.15, 0.2) is 17.4 Å². The Labute approximate surface area is 81.4 Å². The first-order chi connectivity index (χ1) is 6.79. The molecular formula is C8H12N4O2. The van der Waals surface area contributed by atoms with Crippen LogP contribution in [0.2, 0.25) is 0 Å². The summed E-state index contributed by atoms with van der Waals surface area (Å²) >= 11 is 0. The smallest absolute Gasteiger partial charge is 0.244 e. The molecule has 76 valence electrons. The van der Waals surface area contributed by atoms with Gasteiger partial charge in [-0.2, -0.15) is 5.10 Å². The zero-order chi connectivity index (χ0) is 10.4. The van der Waals surface area contributed by atoms with Crippen LogP contribution in [0.3, 0.4) is 0 Å². The maximum atomic E-state index is 8.50. The largest absolute Gasteiger partial charge is 0.476 e. The zero-order valence-electron chi connectivity index (χ0n) is 7.84. The second-order valence-corrected chi connectivity index (χ2v) is 2.58. The summed E-state index contributed by atoms with van der Waals surface area (Å²) in [6.07, 6.45) is 2.30. The molecule has 1 rings (SSSR count). The van der Waals surface area contributed by atoms with Crippen molar-refractivity contribution in [3.05, 3.63) is 17.8 Å². The number of oxime groups is 1. The maximum Gasteiger partial charge on any atom is 0.244 e. The van der Waals surface area contributed by atoms with Gasteiger partial charge in [0.2, 0.25) is 5.88 Å². The average molecular weight is 196 g/mol. The Bertz CT molecular complexity index is 327. The number of hydrogen-bond donors (Lipinski definition) is 2. The summed E-state index contributed by atoms with van der Waals surface area (Å²) in [5.74, 6) is 0.246. The highest BCUT2D eigenvalue weighted by Crippen LogP contribution is 2.12. The SMILES string of the molecule is CCCOc1nnccc1/C(N)=N/O. The number of hydrogen-bond acceptors (Lipinski definition) is 5. The fourth-order valence-electron chi connectivity index (χ4n) is 0.873. The molecule has 6 nitrogen and oxygen atoms in total. The molecular weight excluding hydrogens is 184 g/mol. The summed E-state index contributed by atoms with van der Waals surface area (Å²) < 4.78 is 5.26. The molecule has 0 atom stereocenters. The summed E-state index contributed by atoms with van der Waals surface area (Å²) in [7, 11) is 0. The Kier molecular flexibility index (Phi) is 3.66. The van der Waals surface area contributed by atoms with Crippen LogP contribution in [-0.4, -0.2) is 27.8 Å². The van der Waals surface area contributed by atoms with E-state index in [1.807, 2.05) is 6.92 Å². The fraction of sp³-hybridized carbons (Fsp3) is 0.375. The van der Waals surface area contributed by atoms with Gasteiger partial charge in [0.1, 0.15) is 0 Å². The number of amidine groups is 1. The molecule has 14 heavy (non-hydrogen) atoms. The molecule has 0 aliphatic carbocycles. The molecule has 0 spiro atoms. The molecule has 0 saturated heterocycles. The molecule has 0 saturated carbocycles. The Hall–Kier alpha value is -1.85. The summed E-state index contributed by atoms with van der Waals surface area (Å²) in [4.78, 5) is 0. The van der Waals surface area contributed by atoms with Gasteiger partial charge in [-0.05, 0) is 12.5 Å². The summed E-state index contributed by atoms with van der Waals surface area (Å²) in [6.45, 7) is 2.49. The van der Waals surface area contributed by atoms with Crippen molar-refractivity contribution < 1.29 is 9.94 Å². The zero-order valence-corrected chi connectivity index (χ0v) is 7.84. The van der Waals surface area contributed by atoms with Gasteiger partial charge < -0.3 is 15.7 Å². The van der Waals surface area contributed by atoms with E-state index in [2.05, 4.69) is 15.4 Å². The number of nitrogens with two attached hydrogens (primary N) is 1. The minimum Gasteiger partial charge on any atom is -0.476 e. The third kappa shape index (κ3) is 2.32. The number of aromatic nitrogens is 2. The van der Waals surface area contributed by atoms with Gasteiger partial charge in [-0.15, -0.1) is 5.10 Å². The molecule has 0 aromatic carbocycles. The lowest BCUT2D eigenvalue weighted by Gasteiger charge is -2.06. The highest BCUT2D eigenvalue weighted by atomic mass is 16.5. The van der Waals surface area contributed by atoms with E-state index in [1.165, 1.54) is 6.20 Å². The van der Waals surface area contributed by atoms with E-state index < -0.39 is 0 Å². The minimum atomic E-state index is -0.0361. The predicted octanol–water partition coefficient (Wildman–Crippen LogP) is 0.360. The molecule has 6 heteroatoms. The van der Waals surface area contributed by atoms with Crippen LogP contribution in [0.25, 0.3) is 0 Å². The summed E-state index contributed by atoms with van der Waals surface area (Å²) in [5.41, 5.74) is 5.86. The van der Waals surface area contributed by atoms with Gasteiger partial charge in [0.05, 0.1) is 18.4 Å². The standard InChI is InChI=1S/C8H12N4O2/c1-2-5-14-8-6(7(9)12-13)3-4-10-11-8/h3-4,13H,2,5H2,1H3,(H2,9,12). The molecule has 1 aromatic heterocycles. The summed E-state index contributed by atoms with van der Waals surface area (Å²) in [6, 6.07) is 1.58. The van der Waals surface area contributed by atoms with Crippen LogP contribution >= 0.6 is 0 Å². The van der Waals surface area contributed by atoms with E-state index in [9.17, 15) is 0 Å². The average Bonchev–Trinajstić information content (AvgIpc) is 2.25. The molecule has 1 aromatic rings. The van der Waals surface area contributed by atoms with Crippen LogP contribution in [0.5, 0.6) is 5.88 Å². The van der Waals surface area contributed by atoms with Crippen molar-refractivity contribution in [2.45, 2.75) is 13.3 Å². The Morgan fingerprint density at radius 3 is 3.14 bits per heavy atom. The van der Waals surface area contributed by atoms with Gasteiger partial charge >= 0.3 is 0 Å². The van der Waals surface area contributed by atoms with Gasteiger partial charge in [0.25, 0.3) is 0 Å². The quantitative estimate of drug-likeness (QED) is 0.314. The molecule has 1 heterocycles. The fourth-order valence-corrected chi connectivity index (χ4v) is 0.873. The first kappa shape index (κ1) is 10.2. The van der Waals surface area contributed by atoms with Gasteiger partial charge in [-0.3, -0.25) is 0 Å². The van der Waals surface area contributed by atoms with Gasteiger partial charge in [-0.1, -0.05) is 12.1 Å². The van der Waals surface area contributed by atoms with Gasteiger partial charge in [0, 0.05) is 0 Å². The van der Waals surface area contributed by atoms with Crippen molar-refractivity contribution in [1.29, 1.82) is 0 Å². The molecule has 0 unspecified atom stereocenters. The van der Waals surface area contributed by atoms with E-state index in [-0.39, 0.29) is 11.7 Å². The molecule has 0 aliphatic rings. The minimum absolute atomic E-state index is 0.0361. The van der Waals surface area contributed by atoms with Crippen LogP contribution in [0.4, 0.5) is 0 Å².